The Hall–Kier alpha value is -2.51. The smallest absolute Gasteiger partial charge is 0.344 e. The maximum absolute atomic E-state index is 11.2. The molecule has 0 aliphatic rings. The van der Waals surface area contributed by atoms with Crippen molar-refractivity contribution in [3.8, 4) is 5.88 Å². The van der Waals surface area contributed by atoms with Gasteiger partial charge in [-0.2, -0.15) is 0 Å². The first-order valence-electron chi connectivity index (χ1n) is 5.32. The summed E-state index contributed by atoms with van der Waals surface area (Å²) in [6, 6.07) is 1.16. The van der Waals surface area contributed by atoms with Crippen molar-refractivity contribution < 1.29 is 23.8 Å². The summed E-state index contributed by atoms with van der Waals surface area (Å²) >= 11 is 0. The maximum Gasteiger partial charge on any atom is 0.344 e. The molecule has 8 nitrogen and oxygen atoms in total. The van der Waals surface area contributed by atoms with Crippen LogP contribution in [0.1, 0.15) is 17.3 Å². The van der Waals surface area contributed by atoms with Crippen LogP contribution in [-0.2, 0) is 14.3 Å². The van der Waals surface area contributed by atoms with Gasteiger partial charge in [-0.25, -0.2) is 14.6 Å². The second kappa shape index (κ2) is 7.04. The molecular weight excluding hydrogens is 256 g/mol. The molecule has 0 spiro atoms. The van der Waals surface area contributed by atoms with Gasteiger partial charge in [0.25, 0.3) is 0 Å². The number of methoxy groups -OCH3 is 1. The fraction of sp³-hybridized carbons (Fsp3) is 0.364. The van der Waals surface area contributed by atoms with Crippen molar-refractivity contribution in [1.29, 1.82) is 0 Å². The second-order valence-electron chi connectivity index (χ2n) is 3.22. The number of aromatic nitrogens is 1. The summed E-state index contributed by atoms with van der Waals surface area (Å²) in [5.41, 5.74) is -0.146. The highest BCUT2D eigenvalue weighted by Gasteiger charge is 2.14. The lowest BCUT2D eigenvalue weighted by Gasteiger charge is -2.06. The zero-order chi connectivity index (χ0) is 14.3. The summed E-state index contributed by atoms with van der Waals surface area (Å²) in [7, 11) is 1.20. The van der Waals surface area contributed by atoms with Crippen molar-refractivity contribution in [3.63, 3.8) is 0 Å². The number of carbonyl (C=O) groups excluding carboxylic acids is 2. The first-order chi connectivity index (χ1) is 9.12. The van der Waals surface area contributed by atoms with Crippen molar-refractivity contribution in [2.24, 2.45) is 5.18 Å². The van der Waals surface area contributed by atoms with Crippen molar-refractivity contribution >= 4 is 17.6 Å². The number of nitrogens with zero attached hydrogens (tertiary/aromatic N) is 2. The van der Waals surface area contributed by atoms with Crippen LogP contribution in [0.4, 0.5) is 5.69 Å². The first-order valence-corrected chi connectivity index (χ1v) is 5.32. The number of pyridine rings is 1. The highest BCUT2D eigenvalue weighted by atomic mass is 16.6. The maximum atomic E-state index is 11.2. The minimum Gasteiger partial charge on any atom is -0.465 e. The Morgan fingerprint density at radius 1 is 1.42 bits per heavy atom. The summed E-state index contributed by atoms with van der Waals surface area (Å²) in [6.07, 6.45) is 1.15. The molecule has 0 fully saturated rings. The van der Waals surface area contributed by atoms with Gasteiger partial charge in [0.2, 0.25) is 5.88 Å². The number of hydrogen-bond acceptors (Lipinski definition) is 8. The predicted octanol–water partition coefficient (Wildman–Crippen LogP) is 1.21. The van der Waals surface area contributed by atoms with Gasteiger partial charge >= 0.3 is 11.9 Å². The largest absolute Gasteiger partial charge is 0.465 e. The molecule has 1 aromatic rings. The third-order valence-corrected chi connectivity index (χ3v) is 1.98. The molecule has 0 unspecified atom stereocenters. The molecule has 8 heteroatoms. The third-order valence-electron chi connectivity index (χ3n) is 1.98. The molecule has 1 aromatic heterocycles. The average Bonchev–Trinajstić information content (AvgIpc) is 2.44. The lowest BCUT2D eigenvalue weighted by Crippen LogP contribution is -2.15. The van der Waals surface area contributed by atoms with Gasteiger partial charge in [-0.15, -0.1) is 4.91 Å². The van der Waals surface area contributed by atoms with Crippen LogP contribution in [0, 0.1) is 4.91 Å². The normalized spacial score (nSPS) is 9.58. The van der Waals surface area contributed by atoms with Gasteiger partial charge in [0, 0.05) is 6.20 Å². The van der Waals surface area contributed by atoms with Crippen molar-refractivity contribution in [1.82, 2.24) is 4.98 Å². The van der Waals surface area contributed by atoms with E-state index < -0.39 is 18.5 Å². The van der Waals surface area contributed by atoms with E-state index in [9.17, 15) is 14.5 Å². The predicted molar refractivity (Wildman–Crippen MR) is 63.2 cm³/mol. The standard InChI is InChI=1S/C11H12N2O6/c1-3-18-9(14)6-19-10-8(13-16)4-7(5-12-10)11(15)17-2/h4-5H,3,6H2,1-2H3. The molecule has 0 amide bonds. The van der Waals surface area contributed by atoms with E-state index in [2.05, 4.69) is 19.6 Å². The van der Waals surface area contributed by atoms with Crippen LogP contribution in [0.25, 0.3) is 0 Å². The fourth-order valence-electron chi connectivity index (χ4n) is 1.18. The van der Waals surface area contributed by atoms with Gasteiger partial charge < -0.3 is 14.2 Å². The number of carbonyl (C=O) groups is 2. The minimum absolute atomic E-state index is 0.0561. The van der Waals surface area contributed by atoms with E-state index in [4.69, 9.17) is 4.74 Å². The van der Waals surface area contributed by atoms with Crippen LogP contribution in [0.15, 0.2) is 17.4 Å². The van der Waals surface area contributed by atoms with Gasteiger partial charge in [-0.05, 0) is 18.2 Å². The van der Waals surface area contributed by atoms with Crippen molar-refractivity contribution in [3.05, 3.63) is 22.7 Å². The molecule has 19 heavy (non-hydrogen) atoms. The Balaban J connectivity index is 2.81. The molecule has 1 rings (SSSR count). The van der Waals surface area contributed by atoms with Crippen LogP contribution >= 0.6 is 0 Å². The molecule has 0 radical (unpaired) electrons. The number of ether oxygens (including phenoxy) is 3. The van der Waals surface area contributed by atoms with E-state index in [0.717, 1.165) is 12.3 Å². The SMILES string of the molecule is CCOC(=O)COc1ncc(C(=O)OC)cc1N=O. The average molecular weight is 268 g/mol. The molecular formula is C11H12N2O6. The van der Waals surface area contributed by atoms with Crippen LogP contribution in [0.2, 0.25) is 0 Å². The first kappa shape index (κ1) is 14.6. The molecule has 0 aromatic carbocycles. The van der Waals surface area contributed by atoms with Gasteiger partial charge in [-0.1, -0.05) is 0 Å². The number of esters is 2. The summed E-state index contributed by atoms with van der Waals surface area (Å²) in [5.74, 6) is -1.41. The molecule has 0 saturated heterocycles. The lowest BCUT2D eigenvalue weighted by atomic mass is 10.2. The Morgan fingerprint density at radius 3 is 2.74 bits per heavy atom. The monoisotopic (exact) mass is 268 g/mol. The summed E-state index contributed by atoms with van der Waals surface area (Å²) in [6.45, 7) is 1.47. The van der Waals surface area contributed by atoms with E-state index in [1.807, 2.05) is 0 Å². The van der Waals surface area contributed by atoms with Gasteiger partial charge in [0.05, 0.1) is 19.3 Å². The molecule has 0 bridgehead atoms. The Labute approximate surface area is 108 Å². The van der Waals surface area contributed by atoms with Gasteiger partial charge in [0.15, 0.2) is 12.3 Å². The summed E-state index contributed by atoms with van der Waals surface area (Å²) in [5, 5.41) is 2.67. The molecule has 0 N–H and O–H groups in total. The topological polar surface area (TPSA) is 104 Å². The van der Waals surface area contributed by atoms with Crippen LogP contribution in [-0.4, -0.2) is 37.2 Å². The zero-order valence-corrected chi connectivity index (χ0v) is 10.4. The quantitative estimate of drug-likeness (QED) is 0.564. The van der Waals surface area contributed by atoms with Gasteiger partial charge in [-0.3, -0.25) is 0 Å². The highest BCUT2D eigenvalue weighted by molar-refractivity contribution is 5.90. The van der Waals surface area contributed by atoms with E-state index in [1.165, 1.54) is 7.11 Å². The molecule has 0 aliphatic carbocycles. The van der Waals surface area contributed by atoms with Gasteiger partial charge in [0.1, 0.15) is 0 Å². The molecule has 1 heterocycles. The second-order valence-corrected chi connectivity index (χ2v) is 3.22. The van der Waals surface area contributed by atoms with Crippen molar-refractivity contribution in [2.75, 3.05) is 20.3 Å². The van der Waals surface area contributed by atoms with Crippen molar-refractivity contribution in [2.45, 2.75) is 6.92 Å². The van der Waals surface area contributed by atoms with Crippen LogP contribution in [0.3, 0.4) is 0 Å². The van der Waals surface area contributed by atoms with Crippen LogP contribution < -0.4 is 4.74 Å². The third kappa shape index (κ3) is 4.02. The number of rotatable bonds is 6. The number of hydrogen-bond donors (Lipinski definition) is 0. The molecule has 0 aliphatic heterocycles. The molecule has 0 atom stereocenters. The summed E-state index contributed by atoms with van der Waals surface area (Å²) in [4.78, 5) is 36.7. The molecule has 102 valence electrons. The Kier molecular flexibility index (Phi) is 5.39. The van der Waals surface area contributed by atoms with E-state index in [0.29, 0.717) is 0 Å². The lowest BCUT2D eigenvalue weighted by molar-refractivity contribution is -0.145. The van der Waals surface area contributed by atoms with E-state index >= 15 is 0 Å². The van der Waals surface area contributed by atoms with E-state index in [1.54, 1.807) is 6.92 Å². The number of nitroso groups, excluding NO2 is 1. The van der Waals surface area contributed by atoms with E-state index in [-0.39, 0.29) is 23.7 Å². The Morgan fingerprint density at radius 2 is 2.16 bits per heavy atom. The minimum atomic E-state index is -0.658. The summed E-state index contributed by atoms with van der Waals surface area (Å²) < 4.78 is 14.1. The zero-order valence-electron chi connectivity index (χ0n) is 10.4. The fourth-order valence-corrected chi connectivity index (χ4v) is 1.18. The molecule has 0 saturated carbocycles. The van der Waals surface area contributed by atoms with Crippen LogP contribution in [0.5, 0.6) is 5.88 Å². The highest BCUT2D eigenvalue weighted by Crippen LogP contribution is 2.25. The Bertz CT molecular complexity index is 488.